The molecule has 0 unspecified atom stereocenters. The number of halogens is 2. The van der Waals surface area contributed by atoms with E-state index in [-0.39, 0.29) is 24.1 Å². The second-order valence-corrected chi connectivity index (χ2v) is 11.0. The van der Waals surface area contributed by atoms with E-state index in [0.717, 1.165) is 33.3 Å². The number of nitrogens with zero attached hydrogens (tertiary/aromatic N) is 3. The van der Waals surface area contributed by atoms with Crippen molar-refractivity contribution < 1.29 is 14.3 Å². The number of anilines is 1. The largest absolute Gasteiger partial charge is 0.487 e. The van der Waals surface area contributed by atoms with Gasteiger partial charge in [-0.3, -0.25) is 14.6 Å². The Balaban J connectivity index is 1.17. The highest BCUT2D eigenvalue weighted by molar-refractivity contribution is 6.38. The second-order valence-electron chi connectivity index (χ2n) is 10.2. The predicted molar refractivity (Wildman–Crippen MR) is 182 cm³/mol. The fourth-order valence-electron chi connectivity index (χ4n) is 4.49. The summed E-state index contributed by atoms with van der Waals surface area (Å²) in [6.45, 7) is 1.78. The molecule has 9 heteroatoms. The number of amides is 2. The third kappa shape index (κ3) is 8.15. The predicted octanol–water partition coefficient (Wildman–Crippen LogP) is 7.79. The average molecular weight is 638 g/mol. The lowest BCUT2D eigenvalue weighted by molar-refractivity contribution is -0.122. The zero-order valence-electron chi connectivity index (χ0n) is 24.7. The van der Waals surface area contributed by atoms with Gasteiger partial charge in [-0.05, 0) is 66.1 Å². The molecule has 5 rings (SSSR count). The van der Waals surface area contributed by atoms with Gasteiger partial charge in [0.25, 0.3) is 0 Å². The Labute approximate surface area is 271 Å². The molecular weight excluding hydrogens is 607 g/mol. The Hall–Kier alpha value is -4.98. The van der Waals surface area contributed by atoms with Crippen molar-refractivity contribution in [1.82, 2.24) is 15.3 Å². The van der Waals surface area contributed by atoms with Crippen LogP contribution >= 0.6 is 23.2 Å². The quantitative estimate of drug-likeness (QED) is 0.158. The monoisotopic (exact) mass is 636 g/mol. The van der Waals surface area contributed by atoms with Crippen molar-refractivity contribution in [2.45, 2.75) is 13.5 Å². The van der Waals surface area contributed by atoms with E-state index in [1.165, 1.54) is 11.0 Å². The topological polar surface area (TPSA) is 84.4 Å². The molecule has 0 aliphatic carbocycles. The maximum Gasteiger partial charge on any atom is 0.246 e. The zero-order chi connectivity index (χ0) is 31.8. The molecule has 0 spiro atoms. The van der Waals surface area contributed by atoms with Crippen LogP contribution in [0.25, 0.3) is 29.1 Å². The summed E-state index contributed by atoms with van der Waals surface area (Å²) in [6.07, 6.45) is 10.6. The molecule has 5 aromatic rings. The number of fused-ring (bicyclic) bond motifs is 1. The Bertz CT molecular complexity index is 1890. The number of aromatic nitrogens is 2. The van der Waals surface area contributed by atoms with Crippen molar-refractivity contribution in [2.24, 2.45) is 0 Å². The van der Waals surface area contributed by atoms with Crippen LogP contribution in [-0.4, -0.2) is 35.4 Å². The highest BCUT2D eigenvalue weighted by Gasteiger charge is 2.19. The van der Waals surface area contributed by atoms with Crippen LogP contribution in [0.1, 0.15) is 27.9 Å². The maximum absolute atomic E-state index is 13.0. The van der Waals surface area contributed by atoms with Crippen molar-refractivity contribution in [3.05, 3.63) is 135 Å². The minimum absolute atomic E-state index is 0.0752. The molecule has 1 N–H and O–H groups in total. The van der Waals surface area contributed by atoms with Crippen LogP contribution in [0.4, 0.5) is 5.69 Å². The minimum Gasteiger partial charge on any atom is -0.487 e. The summed E-state index contributed by atoms with van der Waals surface area (Å²) in [6, 6.07) is 24.6. The van der Waals surface area contributed by atoms with E-state index in [1.54, 1.807) is 37.7 Å². The molecule has 7 nitrogen and oxygen atoms in total. The SMILES string of the molecule is Cc1ccc2cccc(OCc3c(Cl)ccc(N(C)C(=O)CNC(=O)/C=C/c4ccc(/C=C/c5ccncc5)cc4)c3Cl)c2n1. The first-order valence-electron chi connectivity index (χ1n) is 14.1. The molecule has 0 aliphatic heterocycles. The molecule has 0 saturated carbocycles. The van der Waals surface area contributed by atoms with Gasteiger partial charge < -0.3 is 15.0 Å². The molecule has 0 radical (unpaired) electrons. The Kier molecular flexibility index (Phi) is 10.2. The highest BCUT2D eigenvalue weighted by Crippen LogP contribution is 2.35. The maximum atomic E-state index is 13.0. The van der Waals surface area contributed by atoms with E-state index in [1.807, 2.05) is 85.8 Å². The third-order valence-electron chi connectivity index (χ3n) is 7.05. The van der Waals surface area contributed by atoms with E-state index >= 15 is 0 Å². The highest BCUT2D eigenvalue weighted by atomic mass is 35.5. The second kappa shape index (κ2) is 14.7. The van der Waals surface area contributed by atoms with Gasteiger partial charge in [0.2, 0.25) is 11.8 Å². The molecule has 0 aliphatic rings. The number of ether oxygens (including phenoxy) is 1. The summed E-state index contributed by atoms with van der Waals surface area (Å²) in [5.74, 6) is -0.150. The number of nitrogens with one attached hydrogen (secondary N) is 1. The molecule has 45 heavy (non-hydrogen) atoms. The average Bonchev–Trinajstić information content (AvgIpc) is 3.06. The van der Waals surface area contributed by atoms with Crippen LogP contribution < -0.4 is 15.0 Å². The molecular formula is C36H30Cl2N4O3. The van der Waals surface area contributed by atoms with E-state index in [4.69, 9.17) is 27.9 Å². The fourth-order valence-corrected chi connectivity index (χ4v) is 5.10. The standard InChI is InChI=1S/C36H30Cl2N4O3/c1-24-6-14-28-4-3-5-32(36(28)41-24)45-23-29-30(37)15-16-31(35(29)38)42(2)34(44)22-40-33(43)17-13-26-9-7-25(8-10-26)11-12-27-18-20-39-21-19-27/h3-21H,22-23H2,1-2H3,(H,40,43)/b12-11+,17-13+. The van der Waals surface area contributed by atoms with Crippen LogP contribution in [0.2, 0.25) is 10.0 Å². The number of carbonyl (C=O) groups is 2. The molecule has 0 fully saturated rings. The van der Waals surface area contributed by atoms with Gasteiger partial charge in [-0.15, -0.1) is 0 Å². The Morgan fingerprint density at radius 2 is 1.56 bits per heavy atom. The number of carbonyl (C=O) groups excluding carboxylic acids is 2. The summed E-state index contributed by atoms with van der Waals surface area (Å²) in [5.41, 5.74) is 5.53. The minimum atomic E-state index is -0.395. The van der Waals surface area contributed by atoms with Gasteiger partial charge in [0.05, 0.1) is 17.3 Å². The number of rotatable bonds is 10. The summed E-state index contributed by atoms with van der Waals surface area (Å²) in [5, 5.41) is 4.28. The van der Waals surface area contributed by atoms with Crippen molar-refractivity contribution >= 4 is 69.8 Å². The van der Waals surface area contributed by atoms with E-state index in [9.17, 15) is 9.59 Å². The zero-order valence-corrected chi connectivity index (χ0v) is 26.2. The molecule has 3 aromatic carbocycles. The molecule has 226 valence electrons. The lowest BCUT2D eigenvalue weighted by Gasteiger charge is -2.21. The van der Waals surface area contributed by atoms with Crippen LogP contribution in [0.15, 0.2) is 97.3 Å². The summed E-state index contributed by atoms with van der Waals surface area (Å²) >= 11 is 13.2. The number of para-hydroxylation sites is 1. The van der Waals surface area contributed by atoms with E-state index in [2.05, 4.69) is 15.3 Å². The van der Waals surface area contributed by atoms with Crippen LogP contribution in [-0.2, 0) is 16.2 Å². The van der Waals surface area contributed by atoms with Crippen molar-refractivity contribution in [3.63, 3.8) is 0 Å². The molecule has 0 saturated heterocycles. The van der Waals surface area contributed by atoms with E-state index < -0.39 is 5.91 Å². The first-order chi connectivity index (χ1) is 21.8. The molecule has 2 aromatic heterocycles. The number of hydrogen-bond acceptors (Lipinski definition) is 5. The number of likely N-dealkylation sites (N-methyl/N-ethyl adjacent to an activating group) is 1. The number of pyridine rings is 2. The normalized spacial score (nSPS) is 11.3. The van der Waals surface area contributed by atoms with Crippen LogP contribution in [0, 0.1) is 6.92 Å². The smallest absolute Gasteiger partial charge is 0.246 e. The van der Waals surface area contributed by atoms with Gasteiger partial charge in [-0.1, -0.05) is 77.8 Å². The first-order valence-corrected chi connectivity index (χ1v) is 14.9. The first kappa shape index (κ1) is 31.4. The van der Waals surface area contributed by atoms with E-state index in [0.29, 0.717) is 22.0 Å². The van der Waals surface area contributed by atoms with Gasteiger partial charge in [-0.2, -0.15) is 0 Å². The van der Waals surface area contributed by atoms with Gasteiger partial charge in [0.1, 0.15) is 17.9 Å². The molecule has 2 heterocycles. The summed E-state index contributed by atoms with van der Waals surface area (Å²) in [7, 11) is 1.59. The summed E-state index contributed by atoms with van der Waals surface area (Å²) < 4.78 is 6.09. The molecule has 0 atom stereocenters. The van der Waals surface area contributed by atoms with Gasteiger partial charge >= 0.3 is 0 Å². The number of aryl methyl sites for hydroxylation is 1. The van der Waals surface area contributed by atoms with Gasteiger partial charge in [-0.25, -0.2) is 4.98 Å². The Morgan fingerprint density at radius 3 is 2.29 bits per heavy atom. The van der Waals surface area contributed by atoms with Crippen molar-refractivity contribution in [2.75, 3.05) is 18.5 Å². The van der Waals surface area contributed by atoms with Crippen LogP contribution in [0.3, 0.4) is 0 Å². The Morgan fingerprint density at radius 1 is 0.867 bits per heavy atom. The molecule has 2 amide bonds. The lowest BCUT2D eigenvalue weighted by atomic mass is 10.1. The molecule has 0 bridgehead atoms. The van der Waals surface area contributed by atoms with Crippen molar-refractivity contribution in [1.29, 1.82) is 0 Å². The lowest BCUT2D eigenvalue weighted by Crippen LogP contribution is -2.37. The van der Waals surface area contributed by atoms with Crippen molar-refractivity contribution in [3.8, 4) is 5.75 Å². The summed E-state index contributed by atoms with van der Waals surface area (Å²) in [4.78, 5) is 35.4. The van der Waals surface area contributed by atoms with Gasteiger partial charge in [0, 0.05) is 47.2 Å². The van der Waals surface area contributed by atoms with Gasteiger partial charge in [0.15, 0.2) is 0 Å². The third-order valence-corrected chi connectivity index (χ3v) is 7.82. The fraction of sp³-hybridized carbons (Fsp3) is 0.111. The number of benzene rings is 3. The number of hydrogen-bond donors (Lipinski definition) is 1. The van der Waals surface area contributed by atoms with Crippen LogP contribution in [0.5, 0.6) is 5.75 Å².